The molecule has 2 aromatic carbocycles. The first kappa shape index (κ1) is 11.4. The molecule has 3 nitrogen and oxygen atoms in total. The molecule has 2 N–H and O–H groups in total. The maximum absolute atomic E-state index is 11.2. The molecule has 3 heteroatoms. The number of primary amides is 1. The Morgan fingerprint density at radius 3 is 2.47 bits per heavy atom. The van der Waals surface area contributed by atoms with Crippen molar-refractivity contribution in [2.24, 2.45) is 5.73 Å². The van der Waals surface area contributed by atoms with Crippen molar-refractivity contribution in [1.82, 2.24) is 4.98 Å². The first-order valence-electron chi connectivity index (χ1n) is 5.98. The number of fused-ring (bicyclic) bond motifs is 1. The third-order valence-electron chi connectivity index (χ3n) is 3.11. The van der Waals surface area contributed by atoms with E-state index in [1.165, 1.54) is 11.6 Å². The lowest BCUT2D eigenvalue weighted by molar-refractivity contribution is 0.1000. The minimum absolute atomic E-state index is 0.422. The Morgan fingerprint density at radius 1 is 0.895 bits per heavy atom. The van der Waals surface area contributed by atoms with Gasteiger partial charge in [0.25, 0.3) is 0 Å². The van der Waals surface area contributed by atoms with Gasteiger partial charge in [-0.25, -0.2) is 0 Å². The number of nitrogens with two attached hydrogens (primary N) is 1. The van der Waals surface area contributed by atoms with Gasteiger partial charge >= 0.3 is 0 Å². The molecule has 0 saturated carbocycles. The highest BCUT2D eigenvalue weighted by Crippen LogP contribution is 2.24. The van der Waals surface area contributed by atoms with E-state index in [2.05, 4.69) is 29.2 Å². The highest BCUT2D eigenvalue weighted by molar-refractivity contribution is 5.94. The molecule has 0 atom stereocenters. The second-order valence-electron chi connectivity index (χ2n) is 4.39. The third kappa shape index (κ3) is 2.18. The van der Waals surface area contributed by atoms with E-state index in [-0.39, 0.29) is 0 Å². The number of amides is 1. The van der Waals surface area contributed by atoms with Crippen LogP contribution in [-0.4, -0.2) is 10.9 Å². The van der Waals surface area contributed by atoms with Gasteiger partial charge in [-0.15, -0.1) is 0 Å². The van der Waals surface area contributed by atoms with Gasteiger partial charge in [0.15, 0.2) is 0 Å². The zero-order chi connectivity index (χ0) is 13.2. The van der Waals surface area contributed by atoms with Gasteiger partial charge in [-0.1, -0.05) is 36.4 Å². The van der Waals surface area contributed by atoms with E-state index in [4.69, 9.17) is 5.73 Å². The number of pyridine rings is 1. The quantitative estimate of drug-likeness (QED) is 0.758. The molecule has 0 aliphatic heterocycles. The molecular formula is C16H12N2O. The maximum Gasteiger partial charge on any atom is 0.250 e. The SMILES string of the molecule is NC(=O)c1cncc(-c2ccc3ccccc3c2)c1. The summed E-state index contributed by atoms with van der Waals surface area (Å²) < 4.78 is 0. The van der Waals surface area contributed by atoms with Crippen LogP contribution >= 0.6 is 0 Å². The lowest BCUT2D eigenvalue weighted by Gasteiger charge is -2.05. The number of carbonyl (C=O) groups excluding carboxylic acids is 1. The number of nitrogens with zero attached hydrogens (tertiary/aromatic N) is 1. The summed E-state index contributed by atoms with van der Waals surface area (Å²) >= 11 is 0. The van der Waals surface area contributed by atoms with Gasteiger partial charge < -0.3 is 5.73 Å². The van der Waals surface area contributed by atoms with E-state index < -0.39 is 5.91 Å². The number of benzene rings is 2. The Bertz CT molecular complexity index is 765. The van der Waals surface area contributed by atoms with Crippen LogP contribution in [-0.2, 0) is 0 Å². The van der Waals surface area contributed by atoms with Crippen LogP contribution < -0.4 is 5.73 Å². The van der Waals surface area contributed by atoms with Gasteiger partial charge in [-0.05, 0) is 28.5 Å². The summed E-state index contributed by atoms with van der Waals surface area (Å²) in [5, 5.41) is 2.34. The number of carbonyl (C=O) groups is 1. The second-order valence-corrected chi connectivity index (χ2v) is 4.39. The van der Waals surface area contributed by atoms with Crippen LogP contribution in [0.2, 0.25) is 0 Å². The molecule has 0 aliphatic rings. The summed E-state index contributed by atoms with van der Waals surface area (Å²) in [6.45, 7) is 0. The van der Waals surface area contributed by atoms with Gasteiger partial charge in [-0.3, -0.25) is 9.78 Å². The fourth-order valence-corrected chi connectivity index (χ4v) is 2.10. The molecule has 1 aromatic heterocycles. The van der Waals surface area contributed by atoms with Crippen molar-refractivity contribution in [3.63, 3.8) is 0 Å². The van der Waals surface area contributed by atoms with Crippen molar-refractivity contribution in [1.29, 1.82) is 0 Å². The second kappa shape index (κ2) is 4.53. The molecule has 0 unspecified atom stereocenters. The van der Waals surface area contributed by atoms with Gasteiger partial charge in [0.1, 0.15) is 0 Å². The molecule has 0 spiro atoms. The summed E-state index contributed by atoms with van der Waals surface area (Å²) in [4.78, 5) is 15.2. The van der Waals surface area contributed by atoms with E-state index in [1.54, 1.807) is 12.3 Å². The molecule has 0 radical (unpaired) electrons. The van der Waals surface area contributed by atoms with Crippen LogP contribution in [0.5, 0.6) is 0 Å². The molecule has 0 fully saturated rings. The highest BCUT2D eigenvalue weighted by atomic mass is 16.1. The highest BCUT2D eigenvalue weighted by Gasteiger charge is 2.04. The predicted molar refractivity (Wildman–Crippen MR) is 75.7 cm³/mol. The standard InChI is InChI=1S/C16H12N2O/c17-16(19)15-8-14(9-18-10-15)13-6-5-11-3-1-2-4-12(11)7-13/h1-10H,(H2,17,19). The summed E-state index contributed by atoms with van der Waals surface area (Å²) in [6.07, 6.45) is 3.21. The van der Waals surface area contributed by atoms with Gasteiger partial charge in [0, 0.05) is 18.0 Å². The first-order valence-corrected chi connectivity index (χ1v) is 5.98. The molecule has 0 saturated heterocycles. The Balaban J connectivity index is 2.13. The zero-order valence-corrected chi connectivity index (χ0v) is 10.2. The van der Waals surface area contributed by atoms with Crippen molar-refractivity contribution in [2.45, 2.75) is 0 Å². The van der Waals surface area contributed by atoms with E-state index in [0.29, 0.717) is 5.56 Å². The van der Waals surface area contributed by atoms with Crippen molar-refractivity contribution >= 4 is 16.7 Å². The number of hydrogen-bond acceptors (Lipinski definition) is 2. The Hall–Kier alpha value is -2.68. The van der Waals surface area contributed by atoms with Crippen molar-refractivity contribution < 1.29 is 4.79 Å². The zero-order valence-electron chi connectivity index (χ0n) is 10.2. The van der Waals surface area contributed by atoms with Gasteiger partial charge in [-0.2, -0.15) is 0 Å². The summed E-state index contributed by atoms with van der Waals surface area (Å²) in [5.41, 5.74) is 7.61. The Kier molecular flexibility index (Phi) is 2.72. The molecule has 19 heavy (non-hydrogen) atoms. The van der Waals surface area contributed by atoms with Crippen LogP contribution in [0.15, 0.2) is 60.9 Å². The number of hydrogen-bond donors (Lipinski definition) is 1. The minimum atomic E-state index is -0.463. The van der Waals surface area contributed by atoms with Crippen LogP contribution in [0.3, 0.4) is 0 Å². The van der Waals surface area contributed by atoms with E-state index in [9.17, 15) is 4.79 Å². The lowest BCUT2D eigenvalue weighted by atomic mass is 10.0. The van der Waals surface area contributed by atoms with Crippen LogP contribution in [0, 0.1) is 0 Å². The number of rotatable bonds is 2. The smallest absolute Gasteiger partial charge is 0.250 e. The van der Waals surface area contributed by atoms with Crippen molar-refractivity contribution in [3.05, 3.63) is 66.5 Å². The molecule has 92 valence electrons. The van der Waals surface area contributed by atoms with E-state index >= 15 is 0 Å². The minimum Gasteiger partial charge on any atom is -0.366 e. The average Bonchev–Trinajstić information content (AvgIpc) is 2.47. The van der Waals surface area contributed by atoms with Gasteiger partial charge in [0.2, 0.25) is 5.91 Å². The molecule has 1 heterocycles. The van der Waals surface area contributed by atoms with Crippen LogP contribution in [0.25, 0.3) is 21.9 Å². The third-order valence-corrected chi connectivity index (χ3v) is 3.11. The van der Waals surface area contributed by atoms with Gasteiger partial charge in [0.05, 0.1) is 5.56 Å². The predicted octanol–water partition coefficient (Wildman–Crippen LogP) is 3.00. The first-order chi connectivity index (χ1) is 9.24. The molecule has 3 rings (SSSR count). The molecule has 3 aromatic rings. The Labute approximate surface area is 110 Å². The normalized spacial score (nSPS) is 10.5. The largest absolute Gasteiger partial charge is 0.366 e. The average molecular weight is 248 g/mol. The van der Waals surface area contributed by atoms with E-state index in [0.717, 1.165) is 16.5 Å². The maximum atomic E-state index is 11.2. The van der Waals surface area contributed by atoms with E-state index in [1.807, 2.05) is 18.2 Å². The topological polar surface area (TPSA) is 56.0 Å². The summed E-state index contributed by atoms with van der Waals surface area (Å²) in [5.74, 6) is -0.463. The lowest BCUT2D eigenvalue weighted by Crippen LogP contribution is -2.11. The summed E-state index contributed by atoms with van der Waals surface area (Å²) in [6, 6.07) is 16.1. The monoisotopic (exact) mass is 248 g/mol. The van der Waals surface area contributed by atoms with Crippen LogP contribution in [0.1, 0.15) is 10.4 Å². The van der Waals surface area contributed by atoms with Crippen LogP contribution in [0.4, 0.5) is 0 Å². The molecule has 0 aliphatic carbocycles. The fourth-order valence-electron chi connectivity index (χ4n) is 2.10. The van der Waals surface area contributed by atoms with Crippen molar-refractivity contribution in [3.8, 4) is 11.1 Å². The fraction of sp³-hybridized carbons (Fsp3) is 0. The molecule has 0 bridgehead atoms. The molecular weight excluding hydrogens is 236 g/mol. The molecule has 1 amide bonds. The summed E-state index contributed by atoms with van der Waals surface area (Å²) in [7, 11) is 0. The van der Waals surface area contributed by atoms with Crippen molar-refractivity contribution in [2.75, 3.05) is 0 Å². The number of aromatic nitrogens is 1. The Morgan fingerprint density at radius 2 is 1.68 bits per heavy atom.